The summed E-state index contributed by atoms with van der Waals surface area (Å²) in [5.74, 6) is 0. The van der Waals surface area contributed by atoms with Crippen LogP contribution in [0.1, 0.15) is 40.0 Å². The Balaban J connectivity index is 2.43. The molecule has 1 fully saturated rings. The van der Waals surface area contributed by atoms with Gasteiger partial charge in [0.2, 0.25) is 0 Å². The maximum atomic E-state index is 8.47. The number of piperidine rings is 1. The van der Waals surface area contributed by atoms with Crippen LogP contribution < -0.4 is 0 Å². The van der Waals surface area contributed by atoms with E-state index in [9.17, 15) is 0 Å². The first-order valence-corrected chi connectivity index (χ1v) is 5.34. The molecule has 0 N–H and O–H groups in total. The Morgan fingerprint density at radius 2 is 1.93 bits per heavy atom. The van der Waals surface area contributed by atoms with Gasteiger partial charge in [0.15, 0.2) is 0 Å². The van der Waals surface area contributed by atoms with E-state index in [1.807, 2.05) is 0 Å². The number of hydrogen-bond acceptors (Lipinski definition) is 2. The molecule has 0 aliphatic carbocycles. The van der Waals surface area contributed by atoms with Crippen molar-refractivity contribution in [1.82, 2.24) is 4.90 Å². The van der Waals surface area contributed by atoms with Crippen molar-refractivity contribution in [1.29, 1.82) is 5.26 Å². The number of allylic oxidation sites excluding steroid dienone is 1. The highest BCUT2D eigenvalue weighted by molar-refractivity contribution is 5.09. The number of nitrogens with zero attached hydrogens (tertiary/aromatic N) is 2. The Bertz CT molecular complexity index is 242. The molecule has 14 heavy (non-hydrogen) atoms. The third-order valence-corrected chi connectivity index (χ3v) is 2.84. The lowest BCUT2D eigenvalue weighted by Gasteiger charge is -2.39. The Kier molecular flexibility index (Phi) is 3.71. The topological polar surface area (TPSA) is 27.0 Å². The highest BCUT2D eigenvalue weighted by Crippen LogP contribution is 2.23. The average molecular weight is 192 g/mol. The van der Waals surface area contributed by atoms with Crippen molar-refractivity contribution >= 4 is 0 Å². The van der Waals surface area contributed by atoms with Gasteiger partial charge in [-0.2, -0.15) is 5.26 Å². The third kappa shape index (κ3) is 3.16. The minimum Gasteiger partial charge on any atom is -0.298 e. The zero-order valence-electron chi connectivity index (χ0n) is 9.51. The quantitative estimate of drug-likeness (QED) is 0.597. The minimum atomic E-state index is 0.292. The zero-order chi connectivity index (χ0) is 10.6. The summed E-state index contributed by atoms with van der Waals surface area (Å²) in [5.41, 5.74) is 1.76. The summed E-state index contributed by atoms with van der Waals surface area (Å²) in [6, 6.07) is 2.17. The Labute approximate surface area is 87.2 Å². The number of nitriles is 1. The molecule has 1 saturated heterocycles. The van der Waals surface area contributed by atoms with Gasteiger partial charge in [-0.25, -0.2) is 0 Å². The summed E-state index contributed by atoms with van der Waals surface area (Å²) < 4.78 is 0. The summed E-state index contributed by atoms with van der Waals surface area (Å²) in [5, 5.41) is 8.47. The number of likely N-dealkylation sites (tertiary alicyclic amines) is 1. The number of rotatable bonds is 1. The van der Waals surface area contributed by atoms with Crippen LogP contribution in [0.4, 0.5) is 0 Å². The Morgan fingerprint density at radius 1 is 1.36 bits per heavy atom. The molecule has 0 spiro atoms. The van der Waals surface area contributed by atoms with Gasteiger partial charge in [0.05, 0.1) is 12.5 Å². The SMILES string of the molecule is CC(C)(C)N1CCC(=CCC#N)CC1. The molecule has 0 bridgehead atoms. The Hall–Kier alpha value is -0.810. The predicted octanol–water partition coefficient (Wildman–Crippen LogP) is 2.72. The van der Waals surface area contributed by atoms with Gasteiger partial charge in [-0.15, -0.1) is 0 Å². The van der Waals surface area contributed by atoms with Gasteiger partial charge in [0, 0.05) is 18.6 Å². The van der Waals surface area contributed by atoms with Crippen molar-refractivity contribution < 1.29 is 0 Å². The van der Waals surface area contributed by atoms with E-state index in [1.54, 1.807) is 0 Å². The molecule has 0 amide bonds. The standard InChI is InChI=1S/C12H20N2/c1-12(2,3)14-9-6-11(7-10-14)5-4-8-13/h5H,4,6-7,9-10H2,1-3H3. The molecular formula is C12H20N2. The van der Waals surface area contributed by atoms with Gasteiger partial charge < -0.3 is 0 Å². The lowest BCUT2D eigenvalue weighted by molar-refractivity contribution is 0.126. The second kappa shape index (κ2) is 4.61. The fraction of sp³-hybridized carbons (Fsp3) is 0.750. The summed E-state index contributed by atoms with van der Waals surface area (Å²) in [6.07, 6.45) is 4.95. The average Bonchev–Trinajstić information content (AvgIpc) is 2.14. The largest absolute Gasteiger partial charge is 0.298 e. The smallest absolute Gasteiger partial charge is 0.0663 e. The molecule has 0 saturated carbocycles. The number of hydrogen-bond donors (Lipinski definition) is 0. The lowest BCUT2D eigenvalue weighted by atomic mass is 9.97. The molecule has 0 atom stereocenters. The van der Waals surface area contributed by atoms with Gasteiger partial charge >= 0.3 is 0 Å². The van der Waals surface area contributed by atoms with Gasteiger partial charge in [0.1, 0.15) is 0 Å². The monoisotopic (exact) mass is 192 g/mol. The van der Waals surface area contributed by atoms with E-state index in [2.05, 4.69) is 37.8 Å². The van der Waals surface area contributed by atoms with E-state index in [-0.39, 0.29) is 0 Å². The van der Waals surface area contributed by atoms with E-state index in [0.717, 1.165) is 25.9 Å². The van der Waals surface area contributed by atoms with Crippen LogP contribution >= 0.6 is 0 Å². The van der Waals surface area contributed by atoms with Crippen LogP contribution in [0.3, 0.4) is 0 Å². The van der Waals surface area contributed by atoms with E-state index in [4.69, 9.17) is 5.26 Å². The zero-order valence-corrected chi connectivity index (χ0v) is 9.51. The molecule has 0 aromatic carbocycles. The fourth-order valence-electron chi connectivity index (χ4n) is 1.86. The van der Waals surface area contributed by atoms with Crippen LogP contribution in [-0.2, 0) is 0 Å². The van der Waals surface area contributed by atoms with Crippen LogP contribution in [-0.4, -0.2) is 23.5 Å². The molecule has 0 aromatic heterocycles. The van der Waals surface area contributed by atoms with E-state index < -0.39 is 0 Å². The highest BCUT2D eigenvalue weighted by Gasteiger charge is 2.23. The molecule has 0 unspecified atom stereocenters. The van der Waals surface area contributed by atoms with Crippen molar-refractivity contribution in [2.24, 2.45) is 0 Å². The molecule has 1 rings (SSSR count). The second-order valence-corrected chi connectivity index (χ2v) is 4.88. The summed E-state index contributed by atoms with van der Waals surface area (Å²) >= 11 is 0. The lowest BCUT2D eigenvalue weighted by Crippen LogP contribution is -2.44. The first kappa shape index (κ1) is 11.3. The van der Waals surface area contributed by atoms with Crippen molar-refractivity contribution in [2.45, 2.75) is 45.6 Å². The van der Waals surface area contributed by atoms with Gasteiger partial charge in [0.25, 0.3) is 0 Å². The molecule has 2 heteroatoms. The van der Waals surface area contributed by atoms with E-state index >= 15 is 0 Å². The first-order valence-electron chi connectivity index (χ1n) is 5.34. The fourth-order valence-corrected chi connectivity index (χ4v) is 1.86. The maximum Gasteiger partial charge on any atom is 0.0663 e. The highest BCUT2D eigenvalue weighted by atomic mass is 15.2. The molecule has 2 nitrogen and oxygen atoms in total. The minimum absolute atomic E-state index is 0.292. The molecular weight excluding hydrogens is 172 g/mol. The molecule has 1 aliphatic heterocycles. The molecule has 0 radical (unpaired) electrons. The summed E-state index contributed by atoms with van der Waals surface area (Å²) in [6.45, 7) is 9.06. The summed E-state index contributed by atoms with van der Waals surface area (Å²) in [7, 11) is 0. The van der Waals surface area contributed by atoms with Gasteiger partial charge in [-0.05, 0) is 33.6 Å². The van der Waals surface area contributed by atoms with Crippen molar-refractivity contribution in [3.05, 3.63) is 11.6 Å². The van der Waals surface area contributed by atoms with E-state index in [1.165, 1.54) is 5.57 Å². The first-order chi connectivity index (χ1) is 6.54. The van der Waals surface area contributed by atoms with Gasteiger partial charge in [-0.3, -0.25) is 4.90 Å². The Morgan fingerprint density at radius 3 is 2.36 bits per heavy atom. The molecule has 1 heterocycles. The van der Waals surface area contributed by atoms with Crippen molar-refractivity contribution in [2.75, 3.05) is 13.1 Å². The molecule has 78 valence electrons. The van der Waals surface area contributed by atoms with Crippen LogP contribution in [0, 0.1) is 11.3 Å². The van der Waals surface area contributed by atoms with Crippen LogP contribution in [0.25, 0.3) is 0 Å². The van der Waals surface area contributed by atoms with E-state index in [0.29, 0.717) is 12.0 Å². The normalized spacial score (nSPS) is 19.1. The summed E-state index contributed by atoms with van der Waals surface area (Å²) in [4.78, 5) is 2.51. The van der Waals surface area contributed by atoms with Crippen LogP contribution in [0.5, 0.6) is 0 Å². The second-order valence-electron chi connectivity index (χ2n) is 4.88. The van der Waals surface area contributed by atoms with Crippen molar-refractivity contribution in [3.63, 3.8) is 0 Å². The van der Waals surface area contributed by atoms with Crippen molar-refractivity contribution in [3.8, 4) is 6.07 Å². The predicted molar refractivity (Wildman–Crippen MR) is 58.9 cm³/mol. The van der Waals surface area contributed by atoms with Crippen LogP contribution in [0.2, 0.25) is 0 Å². The van der Waals surface area contributed by atoms with Gasteiger partial charge in [-0.1, -0.05) is 11.6 Å². The van der Waals surface area contributed by atoms with Crippen LogP contribution in [0.15, 0.2) is 11.6 Å². The maximum absolute atomic E-state index is 8.47. The molecule has 0 aromatic rings. The molecule has 1 aliphatic rings. The third-order valence-electron chi connectivity index (χ3n) is 2.84.